The van der Waals surface area contributed by atoms with Gasteiger partial charge < -0.3 is 10.4 Å². The second kappa shape index (κ2) is 6.22. The molecule has 2 aromatic carbocycles. The minimum absolute atomic E-state index is 0.0472. The number of anilines is 1. The molecule has 1 aliphatic rings. The first-order valence-electron chi connectivity index (χ1n) is 7.42. The monoisotopic (exact) mass is 321 g/mol. The molecular weight excluding hydrogens is 306 g/mol. The maximum absolute atomic E-state index is 12.6. The van der Waals surface area contributed by atoms with Crippen molar-refractivity contribution in [1.29, 1.82) is 0 Å². The van der Waals surface area contributed by atoms with E-state index >= 15 is 0 Å². The largest absolute Gasteiger partial charge is 0.384 e. The molecule has 0 unspecified atom stereocenters. The second-order valence-corrected chi connectivity index (χ2v) is 5.54. The van der Waals surface area contributed by atoms with Gasteiger partial charge >= 0.3 is 0 Å². The van der Waals surface area contributed by atoms with Gasteiger partial charge in [0.15, 0.2) is 11.6 Å². The van der Waals surface area contributed by atoms with Crippen molar-refractivity contribution in [2.45, 2.75) is 13.0 Å². The average Bonchev–Trinajstić information content (AvgIpc) is 2.58. The molecule has 2 aromatic rings. The van der Waals surface area contributed by atoms with Gasteiger partial charge in [0.1, 0.15) is 6.10 Å². The van der Waals surface area contributed by atoms with Crippen LogP contribution in [0.2, 0.25) is 0 Å². The number of hydrogen-bond donors (Lipinski definition) is 2. The first kappa shape index (κ1) is 15.8. The van der Waals surface area contributed by atoms with E-state index in [4.69, 9.17) is 0 Å². The van der Waals surface area contributed by atoms with Gasteiger partial charge in [0.2, 0.25) is 5.91 Å². The van der Waals surface area contributed by atoms with Crippen molar-refractivity contribution >= 4 is 23.2 Å². The molecule has 1 atom stereocenters. The fraction of sp³-hybridized carbons (Fsp3) is 0.105. The quantitative estimate of drug-likeness (QED) is 0.910. The van der Waals surface area contributed by atoms with Crippen LogP contribution in [0.4, 0.5) is 5.69 Å². The van der Waals surface area contributed by atoms with Gasteiger partial charge in [-0.1, -0.05) is 36.4 Å². The fourth-order valence-corrected chi connectivity index (χ4v) is 2.67. The van der Waals surface area contributed by atoms with E-state index < -0.39 is 6.10 Å². The Balaban J connectivity index is 1.90. The Kier molecular flexibility index (Phi) is 4.10. The van der Waals surface area contributed by atoms with E-state index in [1.54, 1.807) is 48.5 Å². The van der Waals surface area contributed by atoms with Crippen molar-refractivity contribution in [1.82, 2.24) is 0 Å². The predicted molar refractivity (Wildman–Crippen MR) is 88.9 cm³/mol. The molecule has 0 radical (unpaired) electrons. The number of rotatable bonds is 3. The van der Waals surface area contributed by atoms with Crippen LogP contribution >= 0.6 is 0 Å². The zero-order valence-electron chi connectivity index (χ0n) is 12.9. The van der Waals surface area contributed by atoms with Gasteiger partial charge in [-0.2, -0.15) is 0 Å². The maximum Gasteiger partial charge on any atom is 0.221 e. The molecule has 3 rings (SSSR count). The summed E-state index contributed by atoms with van der Waals surface area (Å²) < 4.78 is 0. The minimum Gasteiger partial charge on any atom is -0.384 e. The fourth-order valence-electron chi connectivity index (χ4n) is 2.67. The lowest BCUT2D eigenvalue weighted by molar-refractivity contribution is -0.114. The van der Waals surface area contributed by atoms with E-state index in [0.717, 1.165) is 0 Å². The van der Waals surface area contributed by atoms with Crippen molar-refractivity contribution in [2.75, 3.05) is 5.32 Å². The molecule has 120 valence electrons. The molecular formula is C19H15NO4. The Bertz CT molecular complexity index is 865. The number of ketones is 2. The normalized spacial score (nSPS) is 14.7. The Morgan fingerprint density at radius 3 is 2.25 bits per heavy atom. The summed E-state index contributed by atoms with van der Waals surface area (Å²) in [5.41, 5.74) is 1.75. The number of carbonyl (C=O) groups excluding carboxylic acids is 3. The lowest BCUT2D eigenvalue weighted by Crippen LogP contribution is -2.21. The summed E-state index contributed by atoms with van der Waals surface area (Å²) in [5, 5.41) is 13.1. The molecule has 0 heterocycles. The number of aliphatic hydroxyl groups is 1. The Labute approximate surface area is 138 Å². The molecule has 1 amide bonds. The van der Waals surface area contributed by atoms with Crippen molar-refractivity contribution < 1.29 is 19.5 Å². The lowest BCUT2D eigenvalue weighted by Gasteiger charge is -2.19. The molecule has 0 spiro atoms. The number of carbonyl (C=O) groups is 3. The van der Waals surface area contributed by atoms with Crippen molar-refractivity contribution in [3.05, 3.63) is 76.9 Å². The zero-order chi connectivity index (χ0) is 17.3. The van der Waals surface area contributed by atoms with E-state index in [9.17, 15) is 19.5 Å². The third-order valence-electron chi connectivity index (χ3n) is 3.83. The Morgan fingerprint density at radius 2 is 1.62 bits per heavy atom. The van der Waals surface area contributed by atoms with Gasteiger partial charge in [0.05, 0.1) is 0 Å². The van der Waals surface area contributed by atoms with Crippen molar-refractivity contribution in [3.8, 4) is 0 Å². The third-order valence-corrected chi connectivity index (χ3v) is 3.83. The number of benzene rings is 2. The third kappa shape index (κ3) is 2.89. The highest BCUT2D eigenvalue weighted by Crippen LogP contribution is 2.30. The lowest BCUT2D eigenvalue weighted by atomic mass is 9.85. The molecule has 0 aliphatic heterocycles. The summed E-state index contributed by atoms with van der Waals surface area (Å²) in [7, 11) is 0. The van der Waals surface area contributed by atoms with Crippen LogP contribution in [0, 0.1) is 0 Å². The van der Waals surface area contributed by atoms with Crippen LogP contribution in [0.5, 0.6) is 0 Å². The van der Waals surface area contributed by atoms with E-state index in [-0.39, 0.29) is 23.0 Å². The first-order valence-corrected chi connectivity index (χ1v) is 7.42. The number of fused-ring (bicyclic) bond motifs is 1. The summed E-state index contributed by atoms with van der Waals surface area (Å²) in [4.78, 5) is 35.7. The molecule has 0 aromatic heterocycles. The molecule has 2 N–H and O–H groups in total. The maximum atomic E-state index is 12.6. The highest BCUT2D eigenvalue weighted by Gasteiger charge is 2.29. The summed E-state index contributed by atoms with van der Waals surface area (Å²) in [6.45, 7) is 1.40. The Morgan fingerprint density at radius 1 is 1.00 bits per heavy atom. The second-order valence-electron chi connectivity index (χ2n) is 5.54. The van der Waals surface area contributed by atoms with Crippen molar-refractivity contribution in [3.63, 3.8) is 0 Å². The topological polar surface area (TPSA) is 83.5 Å². The summed E-state index contributed by atoms with van der Waals surface area (Å²) in [6, 6.07) is 13.0. The molecule has 1 aliphatic carbocycles. The molecule has 0 saturated carbocycles. The zero-order valence-corrected chi connectivity index (χ0v) is 12.9. The van der Waals surface area contributed by atoms with Gasteiger partial charge in [-0.25, -0.2) is 0 Å². The highest BCUT2D eigenvalue weighted by atomic mass is 16.3. The molecule has 0 saturated heterocycles. The molecule has 5 heteroatoms. The van der Waals surface area contributed by atoms with Gasteiger partial charge in [0.25, 0.3) is 0 Å². The smallest absolute Gasteiger partial charge is 0.221 e. The molecule has 5 nitrogen and oxygen atoms in total. The number of allylic oxidation sites excluding steroid dienone is 1. The van der Waals surface area contributed by atoms with E-state index in [2.05, 4.69) is 5.32 Å². The van der Waals surface area contributed by atoms with Crippen LogP contribution in [0.25, 0.3) is 0 Å². The van der Waals surface area contributed by atoms with Gasteiger partial charge in [-0.15, -0.1) is 0 Å². The van der Waals surface area contributed by atoms with Crippen LogP contribution in [0.3, 0.4) is 0 Å². The highest BCUT2D eigenvalue weighted by molar-refractivity contribution is 6.24. The SMILES string of the molecule is CC(=O)Nc1ccc([C@H](O)C2=CC(=O)c3ccccc3C2=O)cc1. The van der Waals surface area contributed by atoms with E-state index in [1.165, 1.54) is 13.0 Å². The van der Waals surface area contributed by atoms with Crippen LogP contribution in [0.1, 0.15) is 39.3 Å². The predicted octanol–water partition coefficient (Wildman–Crippen LogP) is 2.68. The summed E-state index contributed by atoms with van der Waals surface area (Å²) >= 11 is 0. The number of aliphatic hydroxyl groups excluding tert-OH is 1. The number of hydrogen-bond acceptors (Lipinski definition) is 4. The van der Waals surface area contributed by atoms with Crippen LogP contribution in [0.15, 0.2) is 60.2 Å². The van der Waals surface area contributed by atoms with E-state index in [0.29, 0.717) is 22.4 Å². The number of amides is 1. The van der Waals surface area contributed by atoms with Crippen LogP contribution in [-0.2, 0) is 4.79 Å². The van der Waals surface area contributed by atoms with Gasteiger partial charge in [-0.05, 0) is 23.8 Å². The average molecular weight is 321 g/mol. The van der Waals surface area contributed by atoms with Crippen LogP contribution in [-0.4, -0.2) is 22.6 Å². The first-order chi connectivity index (χ1) is 11.5. The minimum atomic E-state index is -1.21. The molecule has 0 bridgehead atoms. The summed E-state index contributed by atoms with van der Waals surface area (Å²) in [5.74, 6) is -0.853. The van der Waals surface area contributed by atoms with Crippen LogP contribution < -0.4 is 5.32 Å². The van der Waals surface area contributed by atoms with E-state index in [1.807, 2.05) is 0 Å². The van der Waals surface area contributed by atoms with Gasteiger partial charge in [-0.3, -0.25) is 14.4 Å². The molecule has 24 heavy (non-hydrogen) atoms. The molecule has 0 fully saturated rings. The van der Waals surface area contributed by atoms with Gasteiger partial charge in [0, 0.05) is 29.3 Å². The summed E-state index contributed by atoms with van der Waals surface area (Å²) in [6.07, 6.45) is -0.0157. The standard InChI is InChI=1S/C19H15NO4/c1-11(21)20-13-8-6-12(7-9-13)18(23)16-10-17(22)14-4-2-3-5-15(14)19(16)24/h2-10,18,23H,1H3,(H,20,21)/t18-/m0/s1. The Hall–Kier alpha value is -3.05. The number of nitrogens with one attached hydrogen (secondary N) is 1. The number of Topliss-reactive ketones (excluding diaryl/α,β-unsaturated/α-hetero) is 1. The van der Waals surface area contributed by atoms with Crippen molar-refractivity contribution in [2.24, 2.45) is 0 Å².